The smallest absolute Gasteiger partial charge is 0.143 e. The molecule has 5 heteroatoms. The molecule has 0 amide bonds. The maximum absolute atomic E-state index is 10.3. The van der Waals surface area contributed by atoms with Crippen molar-refractivity contribution in [2.24, 2.45) is 5.92 Å². The van der Waals surface area contributed by atoms with Gasteiger partial charge in [0.05, 0.1) is 11.7 Å². The quantitative estimate of drug-likeness (QED) is 0.854. The lowest BCUT2D eigenvalue weighted by molar-refractivity contribution is 0.124. The van der Waals surface area contributed by atoms with Gasteiger partial charge in [-0.15, -0.1) is 0 Å². The number of aliphatic hydroxyl groups is 1. The van der Waals surface area contributed by atoms with Crippen LogP contribution in [0.5, 0.6) is 0 Å². The molecule has 2 unspecified atom stereocenters. The summed E-state index contributed by atoms with van der Waals surface area (Å²) in [5.74, 6) is 1.16. The van der Waals surface area contributed by atoms with Gasteiger partial charge in [0.2, 0.25) is 0 Å². The maximum Gasteiger partial charge on any atom is 0.143 e. The van der Waals surface area contributed by atoms with Crippen LogP contribution in [0.15, 0.2) is 48.7 Å². The molecule has 0 aliphatic carbocycles. The van der Waals surface area contributed by atoms with E-state index in [-0.39, 0.29) is 0 Å². The number of aromatic nitrogens is 1. The van der Waals surface area contributed by atoms with Gasteiger partial charge < -0.3 is 15.3 Å². The van der Waals surface area contributed by atoms with Crippen molar-refractivity contribution >= 4 is 5.82 Å². The number of aliphatic hydroxyl groups excluding tert-OH is 1. The van der Waals surface area contributed by atoms with Crippen molar-refractivity contribution in [1.29, 1.82) is 5.26 Å². The van der Waals surface area contributed by atoms with E-state index in [1.807, 2.05) is 30.3 Å². The van der Waals surface area contributed by atoms with Crippen LogP contribution in [0.25, 0.3) is 0 Å². The molecule has 2 N–H and O–H groups in total. The average Bonchev–Trinajstić information content (AvgIpc) is 3.08. The molecule has 1 aliphatic heterocycles. The van der Waals surface area contributed by atoms with Gasteiger partial charge in [-0.05, 0) is 36.6 Å². The number of nitriles is 1. The number of β-amino-alcohol motifs (C(OH)–C–C–N with tert-alkyl or cyclic N) is 1. The zero-order valence-corrected chi connectivity index (χ0v) is 13.6. The first-order valence-corrected chi connectivity index (χ1v) is 8.30. The lowest BCUT2D eigenvalue weighted by Crippen LogP contribution is -2.27. The Bertz CT molecular complexity index is 698. The second-order valence-electron chi connectivity index (χ2n) is 6.23. The van der Waals surface area contributed by atoms with Crippen molar-refractivity contribution < 1.29 is 5.11 Å². The molecule has 1 aromatic heterocycles. The number of pyridine rings is 1. The summed E-state index contributed by atoms with van der Waals surface area (Å²) in [6, 6.07) is 15.5. The Balaban J connectivity index is 1.48. The molecule has 5 nitrogen and oxygen atoms in total. The predicted molar refractivity (Wildman–Crippen MR) is 93.4 cm³/mol. The number of hydrogen-bond donors (Lipinski definition) is 2. The molecular formula is C19H22N4O. The van der Waals surface area contributed by atoms with Crippen LogP contribution in [0.3, 0.4) is 0 Å². The highest BCUT2D eigenvalue weighted by atomic mass is 16.3. The summed E-state index contributed by atoms with van der Waals surface area (Å²) in [5.41, 5.74) is 1.54. The summed E-state index contributed by atoms with van der Waals surface area (Å²) >= 11 is 0. The molecular weight excluding hydrogens is 300 g/mol. The molecule has 2 atom stereocenters. The molecule has 0 radical (unpaired) electrons. The number of hydrogen-bond acceptors (Lipinski definition) is 5. The molecule has 3 rings (SSSR count). The molecule has 0 bridgehead atoms. The molecule has 2 aromatic rings. The summed E-state index contributed by atoms with van der Waals surface area (Å²) in [5, 5.41) is 22.7. The minimum Gasteiger partial charge on any atom is -0.387 e. The summed E-state index contributed by atoms with van der Waals surface area (Å²) < 4.78 is 0. The zero-order valence-electron chi connectivity index (χ0n) is 13.6. The number of nitrogens with zero attached hydrogens (tertiary/aromatic N) is 3. The van der Waals surface area contributed by atoms with E-state index in [1.54, 1.807) is 18.3 Å². The third-order valence-corrected chi connectivity index (χ3v) is 4.47. The SMILES string of the molecule is N#Cc1cccnc1NCC1CCN(CC(O)c2ccccc2)C1. The summed E-state index contributed by atoms with van der Waals surface area (Å²) in [4.78, 5) is 6.53. The van der Waals surface area contributed by atoms with Gasteiger partial charge in [0.1, 0.15) is 11.9 Å². The molecule has 1 saturated heterocycles. The number of rotatable bonds is 6. The van der Waals surface area contributed by atoms with Gasteiger partial charge in [0.15, 0.2) is 0 Å². The van der Waals surface area contributed by atoms with Crippen molar-refractivity contribution in [1.82, 2.24) is 9.88 Å². The van der Waals surface area contributed by atoms with Gasteiger partial charge >= 0.3 is 0 Å². The molecule has 0 saturated carbocycles. The van der Waals surface area contributed by atoms with Gasteiger partial charge in [-0.25, -0.2) is 4.98 Å². The Morgan fingerprint density at radius 2 is 2.12 bits per heavy atom. The van der Waals surface area contributed by atoms with E-state index in [2.05, 4.69) is 21.3 Å². The highest BCUT2D eigenvalue weighted by molar-refractivity contribution is 5.51. The molecule has 1 aliphatic rings. The highest BCUT2D eigenvalue weighted by Crippen LogP contribution is 2.21. The minimum atomic E-state index is -0.445. The Hall–Kier alpha value is -2.42. The Labute approximate surface area is 142 Å². The van der Waals surface area contributed by atoms with Gasteiger partial charge in [-0.2, -0.15) is 5.26 Å². The Morgan fingerprint density at radius 1 is 1.29 bits per heavy atom. The van der Waals surface area contributed by atoms with Gasteiger partial charge in [0, 0.05) is 25.8 Å². The van der Waals surface area contributed by atoms with Crippen LogP contribution < -0.4 is 5.32 Å². The van der Waals surface area contributed by atoms with E-state index in [9.17, 15) is 5.11 Å². The Morgan fingerprint density at radius 3 is 2.92 bits per heavy atom. The van der Waals surface area contributed by atoms with E-state index in [0.29, 0.717) is 23.8 Å². The van der Waals surface area contributed by atoms with Crippen LogP contribution in [0.1, 0.15) is 23.7 Å². The normalized spacial score (nSPS) is 18.9. The molecule has 24 heavy (non-hydrogen) atoms. The fourth-order valence-corrected chi connectivity index (χ4v) is 3.15. The zero-order chi connectivity index (χ0) is 16.8. The number of nitrogens with one attached hydrogen (secondary N) is 1. The van der Waals surface area contributed by atoms with Crippen LogP contribution in [-0.4, -0.2) is 41.2 Å². The molecule has 0 spiro atoms. The number of benzene rings is 1. The van der Waals surface area contributed by atoms with E-state index < -0.39 is 6.10 Å². The van der Waals surface area contributed by atoms with Crippen molar-refractivity contribution in [2.75, 3.05) is 31.5 Å². The minimum absolute atomic E-state index is 0.445. The molecule has 124 valence electrons. The van der Waals surface area contributed by atoms with Gasteiger partial charge in [0.25, 0.3) is 0 Å². The summed E-state index contributed by atoms with van der Waals surface area (Å²) in [7, 11) is 0. The van der Waals surface area contributed by atoms with Gasteiger partial charge in [-0.1, -0.05) is 30.3 Å². The third-order valence-electron chi connectivity index (χ3n) is 4.47. The van der Waals surface area contributed by atoms with Crippen LogP contribution in [0, 0.1) is 17.2 Å². The van der Waals surface area contributed by atoms with Crippen LogP contribution in [0.2, 0.25) is 0 Å². The van der Waals surface area contributed by atoms with E-state index in [4.69, 9.17) is 5.26 Å². The van der Waals surface area contributed by atoms with Crippen molar-refractivity contribution in [2.45, 2.75) is 12.5 Å². The second kappa shape index (κ2) is 7.91. The largest absolute Gasteiger partial charge is 0.387 e. The molecule has 1 aromatic carbocycles. The van der Waals surface area contributed by atoms with E-state index in [1.165, 1.54) is 0 Å². The summed E-state index contributed by atoms with van der Waals surface area (Å²) in [6.45, 7) is 3.40. The van der Waals surface area contributed by atoms with E-state index >= 15 is 0 Å². The predicted octanol–water partition coefficient (Wildman–Crippen LogP) is 2.42. The Kier molecular flexibility index (Phi) is 5.42. The lowest BCUT2D eigenvalue weighted by Gasteiger charge is -2.20. The first kappa shape index (κ1) is 16.4. The van der Waals surface area contributed by atoms with Crippen LogP contribution >= 0.6 is 0 Å². The topological polar surface area (TPSA) is 72.2 Å². The fourth-order valence-electron chi connectivity index (χ4n) is 3.15. The monoisotopic (exact) mass is 322 g/mol. The first-order chi connectivity index (χ1) is 11.8. The molecule has 2 heterocycles. The van der Waals surface area contributed by atoms with Crippen LogP contribution in [0.4, 0.5) is 5.82 Å². The second-order valence-corrected chi connectivity index (χ2v) is 6.23. The number of anilines is 1. The highest BCUT2D eigenvalue weighted by Gasteiger charge is 2.24. The molecule has 1 fully saturated rings. The first-order valence-electron chi connectivity index (χ1n) is 8.30. The fraction of sp³-hybridized carbons (Fsp3) is 0.368. The lowest BCUT2D eigenvalue weighted by atomic mass is 10.1. The van der Waals surface area contributed by atoms with Gasteiger partial charge in [-0.3, -0.25) is 0 Å². The maximum atomic E-state index is 10.3. The third kappa shape index (κ3) is 4.10. The van der Waals surface area contributed by atoms with Crippen molar-refractivity contribution in [3.63, 3.8) is 0 Å². The van der Waals surface area contributed by atoms with Crippen molar-refractivity contribution in [3.8, 4) is 6.07 Å². The van der Waals surface area contributed by atoms with E-state index in [0.717, 1.165) is 31.6 Å². The van der Waals surface area contributed by atoms with Crippen LogP contribution in [-0.2, 0) is 0 Å². The standard InChI is InChI=1S/C19H22N4O/c20-11-17-7-4-9-21-19(17)22-12-15-8-10-23(13-15)14-18(24)16-5-2-1-3-6-16/h1-7,9,15,18,24H,8,10,12-14H2,(H,21,22). The summed E-state index contributed by atoms with van der Waals surface area (Å²) in [6.07, 6.45) is 2.34. The average molecular weight is 322 g/mol. The number of likely N-dealkylation sites (tertiary alicyclic amines) is 1. The van der Waals surface area contributed by atoms with Crippen molar-refractivity contribution in [3.05, 3.63) is 59.8 Å².